The fourth-order valence-corrected chi connectivity index (χ4v) is 1.96. The van der Waals surface area contributed by atoms with Gasteiger partial charge in [0.15, 0.2) is 0 Å². The zero-order valence-electron chi connectivity index (χ0n) is 12.2. The molecule has 1 aromatic heterocycles. The maximum Gasteiger partial charge on any atom is 0.132 e. The van der Waals surface area contributed by atoms with Crippen molar-refractivity contribution in [3.05, 3.63) is 59.2 Å². The highest BCUT2D eigenvalue weighted by Crippen LogP contribution is 2.11. The van der Waals surface area contributed by atoms with Crippen LogP contribution in [-0.2, 0) is 13.0 Å². The molecule has 0 aliphatic heterocycles. The van der Waals surface area contributed by atoms with Crippen LogP contribution in [0.3, 0.4) is 0 Å². The van der Waals surface area contributed by atoms with Crippen LogP contribution in [-0.4, -0.2) is 16.5 Å². The molecule has 2 aromatic rings. The van der Waals surface area contributed by atoms with Gasteiger partial charge in [-0.3, -0.25) is 0 Å². The highest BCUT2D eigenvalue weighted by molar-refractivity contribution is 5.21. The first-order chi connectivity index (χ1) is 10.0. The quantitative estimate of drug-likeness (QED) is 0.888. The molecule has 0 spiro atoms. The average Bonchev–Trinajstić information content (AvgIpc) is 2.39. The third kappa shape index (κ3) is 5.19. The van der Waals surface area contributed by atoms with Crippen LogP contribution in [0.1, 0.15) is 30.8 Å². The monoisotopic (exact) mass is 291 g/mol. The van der Waals surface area contributed by atoms with Crippen molar-refractivity contribution in [3.8, 4) is 0 Å². The number of benzene rings is 1. The second-order valence-corrected chi connectivity index (χ2v) is 5.49. The molecule has 0 fully saturated rings. The summed E-state index contributed by atoms with van der Waals surface area (Å²) in [6, 6.07) is 3.45. The van der Waals surface area contributed by atoms with Crippen molar-refractivity contribution in [3.63, 3.8) is 0 Å². The summed E-state index contributed by atoms with van der Waals surface area (Å²) in [6.45, 7) is 5.94. The summed E-state index contributed by atoms with van der Waals surface area (Å²) in [7, 11) is 0. The predicted molar refractivity (Wildman–Crippen MR) is 77.7 cm³/mol. The molecule has 0 aliphatic carbocycles. The van der Waals surface area contributed by atoms with Crippen molar-refractivity contribution in [2.45, 2.75) is 26.8 Å². The minimum absolute atomic E-state index is 0.314. The summed E-state index contributed by atoms with van der Waals surface area (Å²) in [5.74, 6) is -0.0281. The third-order valence-electron chi connectivity index (χ3n) is 2.93. The summed E-state index contributed by atoms with van der Waals surface area (Å²) >= 11 is 0. The van der Waals surface area contributed by atoms with E-state index in [2.05, 4.69) is 29.1 Å². The minimum Gasteiger partial charge on any atom is -0.312 e. The Hall–Kier alpha value is -1.88. The van der Waals surface area contributed by atoms with Gasteiger partial charge < -0.3 is 5.32 Å². The number of rotatable bonds is 6. The molecule has 1 heterocycles. The number of aromatic nitrogens is 2. The van der Waals surface area contributed by atoms with Gasteiger partial charge >= 0.3 is 0 Å². The van der Waals surface area contributed by atoms with Crippen LogP contribution < -0.4 is 5.32 Å². The molecule has 0 aliphatic rings. The van der Waals surface area contributed by atoms with E-state index in [-0.39, 0.29) is 0 Å². The second-order valence-electron chi connectivity index (χ2n) is 5.49. The predicted octanol–water partition coefficient (Wildman–Crippen LogP) is 3.09. The molecular formula is C16H19F2N3. The Morgan fingerprint density at radius 3 is 2.19 bits per heavy atom. The molecule has 0 saturated carbocycles. The molecule has 1 aromatic carbocycles. The Bertz CT molecular complexity index is 562. The van der Waals surface area contributed by atoms with E-state index in [4.69, 9.17) is 0 Å². The van der Waals surface area contributed by atoms with Gasteiger partial charge in [-0.1, -0.05) is 13.8 Å². The summed E-state index contributed by atoms with van der Waals surface area (Å²) < 4.78 is 26.2. The van der Waals surface area contributed by atoms with Gasteiger partial charge in [0.2, 0.25) is 0 Å². The van der Waals surface area contributed by atoms with E-state index in [1.54, 1.807) is 12.4 Å². The molecule has 0 bridgehead atoms. The first kappa shape index (κ1) is 15.5. The molecule has 1 N–H and O–H groups in total. The SMILES string of the molecule is CC(C)CNCc1cnc(Cc2cc(F)cc(F)c2)nc1. The molecule has 3 nitrogen and oxygen atoms in total. The molecular weight excluding hydrogens is 272 g/mol. The second kappa shape index (κ2) is 7.22. The lowest BCUT2D eigenvalue weighted by molar-refractivity contribution is 0.551. The van der Waals surface area contributed by atoms with Gasteiger partial charge in [0.05, 0.1) is 0 Å². The van der Waals surface area contributed by atoms with E-state index in [9.17, 15) is 8.78 Å². The minimum atomic E-state index is -0.584. The highest BCUT2D eigenvalue weighted by atomic mass is 19.1. The standard InChI is InChI=1S/C16H19F2N3/c1-11(2)7-19-8-13-9-20-16(21-10-13)5-12-3-14(17)6-15(18)4-12/h3-4,6,9-11,19H,5,7-8H2,1-2H3. The van der Waals surface area contributed by atoms with Crippen molar-refractivity contribution in [2.24, 2.45) is 5.92 Å². The molecule has 0 amide bonds. The molecule has 0 radical (unpaired) electrons. The van der Waals surface area contributed by atoms with E-state index >= 15 is 0 Å². The zero-order valence-corrected chi connectivity index (χ0v) is 12.2. The maximum atomic E-state index is 13.1. The van der Waals surface area contributed by atoms with Crippen LogP contribution in [0.5, 0.6) is 0 Å². The van der Waals surface area contributed by atoms with Crippen molar-refractivity contribution in [2.75, 3.05) is 6.54 Å². The lowest BCUT2D eigenvalue weighted by Gasteiger charge is -2.07. The lowest BCUT2D eigenvalue weighted by atomic mass is 10.1. The molecule has 0 atom stereocenters. The maximum absolute atomic E-state index is 13.1. The molecule has 5 heteroatoms. The summed E-state index contributed by atoms with van der Waals surface area (Å²) in [5.41, 5.74) is 1.52. The van der Waals surface area contributed by atoms with Crippen molar-refractivity contribution in [1.82, 2.24) is 15.3 Å². The fourth-order valence-electron chi connectivity index (χ4n) is 1.96. The Labute approximate surface area is 123 Å². The van der Waals surface area contributed by atoms with E-state index in [1.165, 1.54) is 12.1 Å². The first-order valence-electron chi connectivity index (χ1n) is 6.98. The molecule has 2 rings (SSSR count). The van der Waals surface area contributed by atoms with Gasteiger partial charge in [0.25, 0.3) is 0 Å². The van der Waals surface area contributed by atoms with Crippen LogP contribution in [0.15, 0.2) is 30.6 Å². The van der Waals surface area contributed by atoms with Gasteiger partial charge in [-0.25, -0.2) is 18.7 Å². The van der Waals surface area contributed by atoms with Crippen LogP contribution >= 0.6 is 0 Å². The topological polar surface area (TPSA) is 37.8 Å². The third-order valence-corrected chi connectivity index (χ3v) is 2.93. The summed E-state index contributed by atoms with van der Waals surface area (Å²) in [5, 5.41) is 3.31. The van der Waals surface area contributed by atoms with Gasteiger partial charge in [-0.15, -0.1) is 0 Å². The van der Waals surface area contributed by atoms with Crippen LogP contribution in [0.25, 0.3) is 0 Å². The van der Waals surface area contributed by atoms with E-state index in [0.29, 0.717) is 30.3 Å². The Morgan fingerprint density at radius 2 is 1.62 bits per heavy atom. The molecule has 0 saturated heterocycles. The van der Waals surface area contributed by atoms with Gasteiger partial charge in [0.1, 0.15) is 17.5 Å². The fraction of sp³-hybridized carbons (Fsp3) is 0.375. The summed E-state index contributed by atoms with van der Waals surface area (Å²) in [4.78, 5) is 8.47. The lowest BCUT2D eigenvalue weighted by Crippen LogP contribution is -2.19. The largest absolute Gasteiger partial charge is 0.312 e. The van der Waals surface area contributed by atoms with Crippen molar-refractivity contribution >= 4 is 0 Å². The Balaban J connectivity index is 1.95. The Kier molecular flexibility index (Phi) is 5.33. The average molecular weight is 291 g/mol. The number of hydrogen-bond acceptors (Lipinski definition) is 3. The van der Waals surface area contributed by atoms with Crippen LogP contribution in [0.2, 0.25) is 0 Å². The molecule has 0 unspecified atom stereocenters. The molecule has 112 valence electrons. The smallest absolute Gasteiger partial charge is 0.132 e. The van der Waals surface area contributed by atoms with Crippen LogP contribution in [0.4, 0.5) is 8.78 Å². The van der Waals surface area contributed by atoms with Gasteiger partial charge in [-0.05, 0) is 30.2 Å². The van der Waals surface area contributed by atoms with Gasteiger partial charge in [0, 0.05) is 37.0 Å². The highest BCUT2D eigenvalue weighted by Gasteiger charge is 2.04. The van der Waals surface area contributed by atoms with Crippen LogP contribution in [0, 0.1) is 17.6 Å². The first-order valence-corrected chi connectivity index (χ1v) is 6.98. The van der Waals surface area contributed by atoms with Crippen molar-refractivity contribution < 1.29 is 8.78 Å². The number of nitrogens with zero attached hydrogens (tertiary/aromatic N) is 2. The molecule has 21 heavy (non-hydrogen) atoms. The van der Waals surface area contributed by atoms with E-state index in [1.807, 2.05) is 0 Å². The Morgan fingerprint density at radius 1 is 1.00 bits per heavy atom. The summed E-state index contributed by atoms with van der Waals surface area (Å²) in [6.07, 6.45) is 3.80. The number of nitrogens with one attached hydrogen (secondary N) is 1. The van der Waals surface area contributed by atoms with Gasteiger partial charge in [-0.2, -0.15) is 0 Å². The zero-order chi connectivity index (χ0) is 15.2. The van der Waals surface area contributed by atoms with Crippen molar-refractivity contribution in [1.29, 1.82) is 0 Å². The normalized spacial score (nSPS) is 11.1. The number of halogens is 2. The number of hydrogen-bond donors (Lipinski definition) is 1. The van der Waals surface area contributed by atoms with E-state index < -0.39 is 11.6 Å². The van der Waals surface area contributed by atoms with E-state index in [0.717, 1.165) is 18.2 Å².